The van der Waals surface area contributed by atoms with E-state index in [1.807, 2.05) is 0 Å². The van der Waals surface area contributed by atoms with Gasteiger partial charge in [-0.05, 0) is 26.4 Å². The van der Waals surface area contributed by atoms with Gasteiger partial charge in [-0.25, -0.2) is 0 Å². The summed E-state index contributed by atoms with van der Waals surface area (Å²) in [6.45, 7) is 5.92. The van der Waals surface area contributed by atoms with Gasteiger partial charge in [0.05, 0.1) is 0 Å². The molecule has 0 aromatic rings. The maximum atomic E-state index is 5.58. The van der Waals surface area contributed by atoms with Gasteiger partial charge < -0.3 is 16.4 Å². The molecule has 1 heterocycles. The average Bonchev–Trinajstić information content (AvgIpc) is 2.54. The highest BCUT2D eigenvalue weighted by molar-refractivity contribution is 4.81. The van der Waals surface area contributed by atoms with Crippen molar-refractivity contribution in [3.8, 4) is 0 Å². The van der Waals surface area contributed by atoms with Gasteiger partial charge in [0.2, 0.25) is 0 Å². The van der Waals surface area contributed by atoms with Crippen molar-refractivity contribution >= 4 is 0 Å². The van der Waals surface area contributed by atoms with Crippen molar-refractivity contribution < 1.29 is 0 Å². The van der Waals surface area contributed by atoms with Crippen LogP contribution in [0.1, 0.15) is 12.8 Å². The standard InChI is InChI=1S/C10H24N4/c1-13(7-4-11)9-10-3-2-6-14(10)8-5-12/h10H,2-9,11-12H2,1H3. The van der Waals surface area contributed by atoms with E-state index in [9.17, 15) is 0 Å². The molecule has 0 saturated carbocycles. The van der Waals surface area contributed by atoms with Gasteiger partial charge in [0, 0.05) is 38.8 Å². The number of likely N-dealkylation sites (N-methyl/N-ethyl adjacent to an activating group) is 1. The third kappa shape index (κ3) is 3.53. The summed E-state index contributed by atoms with van der Waals surface area (Å²) in [6.07, 6.45) is 2.63. The van der Waals surface area contributed by atoms with Crippen LogP contribution in [0, 0.1) is 0 Å². The zero-order valence-corrected chi connectivity index (χ0v) is 9.28. The van der Waals surface area contributed by atoms with Crippen molar-refractivity contribution in [2.75, 3.05) is 46.3 Å². The van der Waals surface area contributed by atoms with Crippen LogP contribution in [0.5, 0.6) is 0 Å². The first-order chi connectivity index (χ1) is 6.77. The summed E-state index contributed by atoms with van der Waals surface area (Å²) in [7, 11) is 2.14. The Morgan fingerprint density at radius 1 is 1.36 bits per heavy atom. The molecule has 1 rings (SSSR count). The molecule has 14 heavy (non-hydrogen) atoms. The zero-order chi connectivity index (χ0) is 10.4. The third-order valence-electron chi connectivity index (χ3n) is 2.95. The second-order valence-electron chi connectivity index (χ2n) is 4.17. The van der Waals surface area contributed by atoms with E-state index in [0.29, 0.717) is 6.04 Å². The first-order valence-electron chi connectivity index (χ1n) is 5.60. The normalized spacial score (nSPS) is 23.6. The lowest BCUT2D eigenvalue weighted by Crippen LogP contribution is -2.42. The predicted molar refractivity (Wildman–Crippen MR) is 60.2 cm³/mol. The first-order valence-corrected chi connectivity index (χ1v) is 5.60. The lowest BCUT2D eigenvalue weighted by atomic mass is 10.2. The van der Waals surface area contributed by atoms with E-state index < -0.39 is 0 Å². The lowest BCUT2D eigenvalue weighted by Gasteiger charge is -2.28. The Hall–Kier alpha value is -0.160. The molecule has 4 N–H and O–H groups in total. The van der Waals surface area contributed by atoms with Gasteiger partial charge in [0.1, 0.15) is 0 Å². The predicted octanol–water partition coefficient (Wildman–Crippen LogP) is -0.700. The number of rotatable bonds is 6. The Kier molecular flexibility index (Phi) is 5.40. The highest BCUT2D eigenvalue weighted by Crippen LogP contribution is 2.16. The maximum Gasteiger partial charge on any atom is 0.0224 e. The summed E-state index contributed by atoms with van der Waals surface area (Å²) in [5.41, 5.74) is 11.1. The molecule has 0 aliphatic carbocycles. The fourth-order valence-electron chi connectivity index (χ4n) is 2.23. The van der Waals surface area contributed by atoms with Gasteiger partial charge in [-0.15, -0.1) is 0 Å². The minimum Gasteiger partial charge on any atom is -0.329 e. The van der Waals surface area contributed by atoms with E-state index in [1.165, 1.54) is 19.4 Å². The summed E-state index contributed by atoms with van der Waals surface area (Å²) in [5.74, 6) is 0. The summed E-state index contributed by atoms with van der Waals surface area (Å²) in [4.78, 5) is 4.83. The lowest BCUT2D eigenvalue weighted by molar-refractivity contribution is 0.198. The largest absolute Gasteiger partial charge is 0.329 e. The van der Waals surface area contributed by atoms with Crippen LogP contribution in [0.15, 0.2) is 0 Å². The molecule has 1 fully saturated rings. The van der Waals surface area contributed by atoms with Crippen molar-refractivity contribution in [1.29, 1.82) is 0 Å². The molecule has 0 bridgehead atoms. The molecule has 1 atom stereocenters. The average molecular weight is 200 g/mol. The van der Waals surface area contributed by atoms with Gasteiger partial charge in [0.15, 0.2) is 0 Å². The molecule has 4 heteroatoms. The Morgan fingerprint density at radius 3 is 2.79 bits per heavy atom. The van der Waals surface area contributed by atoms with E-state index in [2.05, 4.69) is 16.8 Å². The van der Waals surface area contributed by atoms with Crippen molar-refractivity contribution in [3.05, 3.63) is 0 Å². The second kappa shape index (κ2) is 6.35. The number of nitrogens with zero attached hydrogens (tertiary/aromatic N) is 2. The SMILES string of the molecule is CN(CCN)CC1CCCN1CCN. The molecule has 1 aliphatic rings. The fourth-order valence-corrected chi connectivity index (χ4v) is 2.23. The molecule has 0 radical (unpaired) electrons. The second-order valence-corrected chi connectivity index (χ2v) is 4.17. The van der Waals surface area contributed by atoms with Crippen LogP contribution in [0.3, 0.4) is 0 Å². The molecule has 0 spiro atoms. The molecule has 1 aliphatic heterocycles. The molecule has 4 nitrogen and oxygen atoms in total. The quantitative estimate of drug-likeness (QED) is 0.595. The minimum absolute atomic E-state index is 0.704. The van der Waals surface area contributed by atoms with Crippen molar-refractivity contribution in [2.45, 2.75) is 18.9 Å². The molecule has 0 aromatic heterocycles. The Bertz CT molecular complexity index is 151. The topological polar surface area (TPSA) is 58.5 Å². The van der Waals surface area contributed by atoms with Crippen LogP contribution in [-0.4, -0.2) is 62.2 Å². The molecular formula is C10H24N4. The van der Waals surface area contributed by atoms with Crippen LogP contribution >= 0.6 is 0 Å². The number of nitrogens with two attached hydrogens (primary N) is 2. The number of likely N-dealkylation sites (tertiary alicyclic amines) is 1. The van der Waals surface area contributed by atoms with E-state index in [0.717, 1.165) is 32.7 Å². The fraction of sp³-hybridized carbons (Fsp3) is 1.00. The van der Waals surface area contributed by atoms with Crippen LogP contribution in [-0.2, 0) is 0 Å². The number of hydrogen-bond donors (Lipinski definition) is 2. The summed E-state index contributed by atoms with van der Waals surface area (Å²) in [6, 6.07) is 0.704. The summed E-state index contributed by atoms with van der Waals surface area (Å²) < 4.78 is 0. The monoisotopic (exact) mass is 200 g/mol. The van der Waals surface area contributed by atoms with Gasteiger partial charge in [-0.3, -0.25) is 4.90 Å². The molecule has 0 aromatic carbocycles. The maximum absolute atomic E-state index is 5.58. The zero-order valence-electron chi connectivity index (χ0n) is 9.28. The van der Waals surface area contributed by atoms with E-state index >= 15 is 0 Å². The van der Waals surface area contributed by atoms with Crippen molar-refractivity contribution in [3.63, 3.8) is 0 Å². The van der Waals surface area contributed by atoms with Crippen LogP contribution in [0.4, 0.5) is 0 Å². The highest BCUT2D eigenvalue weighted by Gasteiger charge is 2.24. The van der Waals surface area contributed by atoms with Crippen LogP contribution in [0.2, 0.25) is 0 Å². The molecule has 1 saturated heterocycles. The minimum atomic E-state index is 0.704. The van der Waals surface area contributed by atoms with Gasteiger partial charge >= 0.3 is 0 Å². The van der Waals surface area contributed by atoms with Gasteiger partial charge in [0.25, 0.3) is 0 Å². The van der Waals surface area contributed by atoms with Crippen molar-refractivity contribution in [2.24, 2.45) is 11.5 Å². The Morgan fingerprint density at radius 2 is 2.14 bits per heavy atom. The Balaban J connectivity index is 2.27. The van der Waals surface area contributed by atoms with Crippen molar-refractivity contribution in [1.82, 2.24) is 9.80 Å². The van der Waals surface area contributed by atoms with E-state index in [4.69, 9.17) is 11.5 Å². The first kappa shape index (κ1) is 11.9. The van der Waals surface area contributed by atoms with E-state index in [1.54, 1.807) is 0 Å². The smallest absolute Gasteiger partial charge is 0.0224 e. The highest BCUT2D eigenvalue weighted by atomic mass is 15.2. The summed E-state index contributed by atoms with van der Waals surface area (Å²) in [5, 5.41) is 0. The molecular weight excluding hydrogens is 176 g/mol. The molecule has 0 amide bonds. The molecule has 84 valence electrons. The third-order valence-corrected chi connectivity index (χ3v) is 2.95. The van der Waals surface area contributed by atoms with Crippen LogP contribution < -0.4 is 11.5 Å². The van der Waals surface area contributed by atoms with Gasteiger partial charge in [-0.1, -0.05) is 0 Å². The Labute approximate surface area is 87.2 Å². The number of hydrogen-bond acceptors (Lipinski definition) is 4. The molecule has 1 unspecified atom stereocenters. The summed E-state index contributed by atoms with van der Waals surface area (Å²) >= 11 is 0. The van der Waals surface area contributed by atoms with Gasteiger partial charge in [-0.2, -0.15) is 0 Å². The van der Waals surface area contributed by atoms with Crippen LogP contribution in [0.25, 0.3) is 0 Å². The van der Waals surface area contributed by atoms with E-state index in [-0.39, 0.29) is 0 Å².